The van der Waals surface area contributed by atoms with E-state index in [9.17, 15) is 19.5 Å². The standard InChI is InChI=1S/C14H22O4/c1-10(16)7-14(8-12(2,3)9-15)11(17)5-6-13(14,4)18/h9,18H,5-8H2,1-4H3/t13-,14+/m1/s1. The molecule has 0 spiro atoms. The minimum atomic E-state index is -1.21. The Labute approximate surface area is 108 Å². The summed E-state index contributed by atoms with van der Waals surface area (Å²) in [6.45, 7) is 6.46. The molecule has 0 amide bonds. The lowest BCUT2D eigenvalue weighted by Crippen LogP contribution is -2.49. The number of aldehydes is 1. The highest BCUT2D eigenvalue weighted by Gasteiger charge is 2.58. The number of Topliss-reactive ketones (excluding diaryl/α,β-unsaturated/α-hetero) is 2. The zero-order chi connectivity index (χ0) is 14.2. The molecule has 102 valence electrons. The molecule has 1 rings (SSSR count). The van der Waals surface area contributed by atoms with E-state index >= 15 is 0 Å². The van der Waals surface area contributed by atoms with Gasteiger partial charge in [-0.05, 0) is 26.7 Å². The van der Waals surface area contributed by atoms with Crippen LogP contribution in [0.3, 0.4) is 0 Å². The molecule has 0 heterocycles. The van der Waals surface area contributed by atoms with Gasteiger partial charge in [-0.25, -0.2) is 0 Å². The molecule has 0 aromatic carbocycles. The van der Waals surface area contributed by atoms with Crippen LogP contribution in [0.15, 0.2) is 0 Å². The van der Waals surface area contributed by atoms with Crippen molar-refractivity contribution in [3.63, 3.8) is 0 Å². The molecule has 1 saturated carbocycles. The lowest BCUT2D eigenvalue weighted by Gasteiger charge is -2.41. The van der Waals surface area contributed by atoms with Crippen molar-refractivity contribution in [1.29, 1.82) is 0 Å². The largest absolute Gasteiger partial charge is 0.389 e. The SMILES string of the molecule is CC(=O)C[C@]1(CC(C)(C)C=O)C(=O)CC[C@@]1(C)O. The van der Waals surface area contributed by atoms with Crippen LogP contribution in [0.5, 0.6) is 0 Å². The van der Waals surface area contributed by atoms with Crippen LogP contribution in [-0.2, 0) is 14.4 Å². The molecule has 1 aliphatic rings. The fourth-order valence-corrected chi connectivity index (χ4v) is 3.02. The fraction of sp³-hybridized carbons (Fsp3) is 0.786. The van der Waals surface area contributed by atoms with Crippen LogP contribution in [0.25, 0.3) is 0 Å². The van der Waals surface area contributed by atoms with E-state index < -0.39 is 16.4 Å². The molecule has 0 aromatic heterocycles. The summed E-state index contributed by atoms with van der Waals surface area (Å²) in [5.74, 6) is -0.232. The first kappa shape index (κ1) is 15.0. The zero-order valence-corrected chi connectivity index (χ0v) is 11.6. The topological polar surface area (TPSA) is 71.4 Å². The molecule has 0 saturated heterocycles. The Balaban J connectivity index is 3.21. The third-order valence-electron chi connectivity index (χ3n) is 4.03. The number of hydrogen-bond acceptors (Lipinski definition) is 4. The molecule has 1 N–H and O–H groups in total. The Morgan fingerprint density at radius 2 is 2.06 bits per heavy atom. The van der Waals surface area contributed by atoms with E-state index in [4.69, 9.17) is 0 Å². The third kappa shape index (κ3) is 2.53. The van der Waals surface area contributed by atoms with Crippen molar-refractivity contribution in [1.82, 2.24) is 0 Å². The Morgan fingerprint density at radius 1 is 1.50 bits per heavy atom. The predicted molar refractivity (Wildman–Crippen MR) is 67.1 cm³/mol. The quantitative estimate of drug-likeness (QED) is 0.758. The number of ketones is 2. The van der Waals surface area contributed by atoms with Crippen molar-refractivity contribution in [2.24, 2.45) is 10.8 Å². The van der Waals surface area contributed by atoms with E-state index in [1.165, 1.54) is 6.92 Å². The third-order valence-corrected chi connectivity index (χ3v) is 4.03. The van der Waals surface area contributed by atoms with Crippen molar-refractivity contribution < 1.29 is 19.5 Å². The lowest BCUT2D eigenvalue weighted by atomic mass is 9.63. The number of aliphatic hydroxyl groups is 1. The summed E-state index contributed by atoms with van der Waals surface area (Å²) in [5.41, 5.74) is -3.04. The summed E-state index contributed by atoms with van der Waals surface area (Å²) in [5, 5.41) is 10.5. The van der Waals surface area contributed by atoms with Gasteiger partial charge in [0.2, 0.25) is 0 Å². The lowest BCUT2D eigenvalue weighted by molar-refractivity contribution is -0.147. The van der Waals surface area contributed by atoms with Gasteiger partial charge in [0.25, 0.3) is 0 Å². The van der Waals surface area contributed by atoms with E-state index in [0.717, 1.165) is 6.29 Å². The summed E-state index contributed by atoms with van der Waals surface area (Å²) in [4.78, 5) is 34.8. The van der Waals surface area contributed by atoms with Crippen molar-refractivity contribution >= 4 is 17.9 Å². The molecule has 0 bridgehead atoms. The monoisotopic (exact) mass is 254 g/mol. The average molecular weight is 254 g/mol. The molecule has 1 aliphatic carbocycles. The van der Waals surface area contributed by atoms with Crippen molar-refractivity contribution in [2.75, 3.05) is 0 Å². The van der Waals surface area contributed by atoms with Crippen LogP contribution in [-0.4, -0.2) is 28.6 Å². The maximum absolute atomic E-state index is 12.2. The van der Waals surface area contributed by atoms with Gasteiger partial charge in [0.1, 0.15) is 17.9 Å². The fourth-order valence-electron chi connectivity index (χ4n) is 3.02. The van der Waals surface area contributed by atoms with Gasteiger partial charge in [-0.15, -0.1) is 0 Å². The number of carbonyl (C=O) groups is 3. The Morgan fingerprint density at radius 3 is 2.39 bits per heavy atom. The molecule has 0 aliphatic heterocycles. The zero-order valence-electron chi connectivity index (χ0n) is 11.6. The van der Waals surface area contributed by atoms with Crippen LogP contribution in [0, 0.1) is 10.8 Å². The molecule has 0 aromatic rings. The summed E-state index contributed by atoms with van der Waals surface area (Å²) in [6, 6.07) is 0. The smallest absolute Gasteiger partial charge is 0.142 e. The Hall–Kier alpha value is -1.03. The predicted octanol–water partition coefficient (Wildman–Crippen LogP) is 1.68. The summed E-state index contributed by atoms with van der Waals surface area (Å²) < 4.78 is 0. The average Bonchev–Trinajstić information content (AvgIpc) is 2.41. The van der Waals surface area contributed by atoms with Gasteiger partial charge in [-0.3, -0.25) is 9.59 Å². The Bertz CT molecular complexity index is 381. The van der Waals surface area contributed by atoms with E-state index in [-0.39, 0.29) is 30.8 Å². The molecule has 4 nitrogen and oxygen atoms in total. The van der Waals surface area contributed by atoms with Gasteiger partial charge in [0.05, 0.1) is 11.0 Å². The highest BCUT2D eigenvalue weighted by molar-refractivity contribution is 5.93. The first-order valence-electron chi connectivity index (χ1n) is 6.28. The maximum atomic E-state index is 12.2. The van der Waals surface area contributed by atoms with Crippen molar-refractivity contribution in [3.05, 3.63) is 0 Å². The van der Waals surface area contributed by atoms with Gasteiger partial charge in [0.15, 0.2) is 0 Å². The number of carbonyl (C=O) groups excluding carboxylic acids is 3. The van der Waals surface area contributed by atoms with Crippen molar-refractivity contribution in [3.8, 4) is 0 Å². The minimum Gasteiger partial charge on any atom is -0.389 e. The second-order valence-corrected chi connectivity index (χ2v) is 6.44. The van der Waals surface area contributed by atoms with E-state index in [1.807, 2.05) is 0 Å². The summed E-state index contributed by atoms with van der Waals surface area (Å²) in [6.07, 6.45) is 1.64. The van der Waals surface area contributed by atoms with Crippen LogP contribution in [0.1, 0.15) is 53.4 Å². The molecular weight excluding hydrogens is 232 g/mol. The molecule has 0 radical (unpaired) electrons. The first-order chi connectivity index (χ1) is 8.06. The molecule has 18 heavy (non-hydrogen) atoms. The number of hydrogen-bond donors (Lipinski definition) is 1. The molecule has 0 unspecified atom stereocenters. The molecular formula is C14H22O4. The van der Waals surface area contributed by atoms with Gasteiger partial charge in [-0.1, -0.05) is 13.8 Å². The van der Waals surface area contributed by atoms with E-state index in [1.54, 1.807) is 20.8 Å². The van der Waals surface area contributed by atoms with Crippen LogP contribution in [0.2, 0.25) is 0 Å². The second-order valence-electron chi connectivity index (χ2n) is 6.44. The van der Waals surface area contributed by atoms with Crippen LogP contribution < -0.4 is 0 Å². The maximum Gasteiger partial charge on any atom is 0.142 e. The second kappa shape index (κ2) is 4.57. The van der Waals surface area contributed by atoms with Gasteiger partial charge < -0.3 is 9.90 Å². The molecule has 1 fully saturated rings. The van der Waals surface area contributed by atoms with Crippen molar-refractivity contribution in [2.45, 2.75) is 59.0 Å². The minimum absolute atomic E-state index is 0.0100. The highest BCUT2D eigenvalue weighted by atomic mass is 16.3. The molecule has 4 heteroatoms. The molecule has 2 atom stereocenters. The normalized spacial score (nSPS) is 32.6. The first-order valence-corrected chi connectivity index (χ1v) is 6.28. The summed E-state index contributed by atoms with van der Waals surface area (Å²) in [7, 11) is 0. The van der Waals surface area contributed by atoms with Gasteiger partial charge >= 0.3 is 0 Å². The summed E-state index contributed by atoms with van der Waals surface area (Å²) >= 11 is 0. The van der Waals surface area contributed by atoms with Gasteiger partial charge in [0, 0.05) is 18.3 Å². The Kier molecular flexibility index (Phi) is 3.82. The highest BCUT2D eigenvalue weighted by Crippen LogP contribution is 2.52. The van der Waals surface area contributed by atoms with Crippen LogP contribution in [0.4, 0.5) is 0 Å². The van der Waals surface area contributed by atoms with Gasteiger partial charge in [-0.2, -0.15) is 0 Å². The number of rotatable bonds is 5. The van der Waals surface area contributed by atoms with E-state index in [0.29, 0.717) is 6.42 Å². The van der Waals surface area contributed by atoms with Crippen LogP contribution >= 0.6 is 0 Å². The van der Waals surface area contributed by atoms with E-state index in [2.05, 4.69) is 0 Å².